The number of hydrogen-bond donors (Lipinski definition) is 3. The van der Waals surface area contributed by atoms with E-state index in [9.17, 15) is 19.5 Å². The molecule has 0 aliphatic carbocycles. The van der Waals surface area contributed by atoms with Crippen LogP contribution in [0, 0.1) is 0 Å². The minimum Gasteiger partial charge on any atom is -0.497 e. The Balaban J connectivity index is 1.47. The smallest absolute Gasteiger partial charge is 0.325 e. The Kier molecular flexibility index (Phi) is 6.37. The van der Waals surface area contributed by atoms with E-state index in [1.165, 1.54) is 0 Å². The first-order valence-electron chi connectivity index (χ1n) is 10.4. The van der Waals surface area contributed by atoms with Gasteiger partial charge in [0.05, 0.1) is 7.11 Å². The number of hydrogen-bond acceptors (Lipinski definition) is 5. The summed E-state index contributed by atoms with van der Waals surface area (Å²) in [4.78, 5) is 38.3. The van der Waals surface area contributed by atoms with Crippen molar-refractivity contribution in [1.29, 1.82) is 0 Å². The maximum atomic E-state index is 12.8. The van der Waals surface area contributed by atoms with E-state index in [1.54, 1.807) is 49.6 Å². The third-order valence-corrected chi connectivity index (χ3v) is 5.36. The monoisotopic (exact) mass is 445 g/mol. The second-order valence-corrected chi connectivity index (χ2v) is 7.57. The maximum absolute atomic E-state index is 12.8. The van der Waals surface area contributed by atoms with Crippen LogP contribution in [0.15, 0.2) is 78.9 Å². The molecule has 1 heterocycles. The van der Waals surface area contributed by atoms with Crippen LogP contribution in [0.3, 0.4) is 0 Å². The number of para-hydroxylation sites is 1. The summed E-state index contributed by atoms with van der Waals surface area (Å²) in [5.74, 6) is -0.483. The number of carbonyl (C=O) groups excluding carboxylic acids is 3. The van der Waals surface area contributed by atoms with E-state index in [4.69, 9.17) is 4.74 Å². The van der Waals surface area contributed by atoms with Crippen LogP contribution in [0.4, 0.5) is 10.5 Å². The molecule has 4 amide bonds. The Bertz CT molecular complexity index is 1180. The van der Waals surface area contributed by atoms with Crippen LogP contribution in [0.2, 0.25) is 0 Å². The van der Waals surface area contributed by atoms with Gasteiger partial charge >= 0.3 is 6.03 Å². The fraction of sp³-hybridized carbons (Fsp3) is 0.160. The third-order valence-electron chi connectivity index (χ3n) is 5.36. The highest BCUT2D eigenvalue weighted by atomic mass is 16.5. The first-order chi connectivity index (χ1) is 16.0. The Hall–Kier alpha value is -4.17. The lowest BCUT2D eigenvalue weighted by Crippen LogP contribution is -2.39. The molecule has 1 fully saturated rings. The van der Waals surface area contributed by atoms with Gasteiger partial charge in [0.25, 0.3) is 5.91 Å². The van der Waals surface area contributed by atoms with Crippen molar-refractivity contribution in [2.75, 3.05) is 19.0 Å². The number of imide groups is 1. The summed E-state index contributed by atoms with van der Waals surface area (Å²) in [5.41, 5.74) is 2.72. The first-order valence-corrected chi connectivity index (χ1v) is 10.4. The SMILES string of the molecule is COc1cccc(-c2cccc(C(O)C3NC(=O)N(CC(=O)Nc4ccccc4)C3=O)c2)c1. The van der Waals surface area contributed by atoms with Crippen molar-refractivity contribution in [3.05, 3.63) is 84.4 Å². The second-order valence-electron chi connectivity index (χ2n) is 7.57. The molecular formula is C25H23N3O5. The largest absolute Gasteiger partial charge is 0.497 e. The van der Waals surface area contributed by atoms with Gasteiger partial charge < -0.3 is 20.5 Å². The summed E-state index contributed by atoms with van der Waals surface area (Å²) in [6, 6.07) is 21.3. The van der Waals surface area contributed by atoms with Crippen LogP contribution in [0.25, 0.3) is 11.1 Å². The average molecular weight is 445 g/mol. The van der Waals surface area contributed by atoms with Gasteiger partial charge in [0.1, 0.15) is 24.4 Å². The number of nitrogens with one attached hydrogen (secondary N) is 2. The number of rotatable bonds is 7. The molecule has 0 spiro atoms. The van der Waals surface area contributed by atoms with Crippen molar-refractivity contribution < 1.29 is 24.2 Å². The summed E-state index contributed by atoms with van der Waals surface area (Å²) in [6.07, 6.45) is -1.28. The van der Waals surface area contributed by atoms with Gasteiger partial charge in [0, 0.05) is 5.69 Å². The minimum atomic E-state index is -1.28. The molecule has 3 N–H and O–H groups in total. The highest BCUT2D eigenvalue weighted by Gasteiger charge is 2.43. The van der Waals surface area contributed by atoms with E-state index in [2.05, 4.69) is 10.6 Å². The lowest BCUT2D eigenvalue weighted by molar-refractivity contribution is -0.132. The number of aliphatic hydroxyl groups excluding tert-OH is 1. The zero-order valence-electron chi connectivity index (χ0n) is 17.9. The molecule has 8 heteroatoms. The molecule has 8 nitrogen and oxygen atoms in total. The summed E-state index contributed by atoms with van der Waals surface area (Å²) < 4.78 is 5.26. The van der Waals surface area contributed by atoms with E-state index in [1.807, 2.05) is 36.4 Å². The van der Waals surface area contributed by atoms with Gasteiger partial charge in [0.15, 0.2) is 0 Å². The van der Waals surface area contributed by atoms with Gasteiger partial charge in [0.2, 0.25) is 5.91 Å². The topological polar surface area (TPSA) is 108 Å². The van der Waals surface area contributed by atoms with Crippen LogP contribution in [-0.2, 0) is 9.59 Å². The summed E-state index contributed by atoms with van der Waals surface area (Å²) in [7, 11) is 1.58. The van der Waals surface area contributed by atoms with Crippen LogP contribution >= 0.6 is 0 Å². The minimum absolute atomic E-state index is 0.452. The van der Waals surface area contributed by atoms with Gasteiger partial charge in [-0.15, -0.1) is 0 Å². The van der Waals surface area contributed by atoms with E-state index in [0.29, 0.717) is 17.0 Å². The number of nitrogens with zero attached hydrogens (tertiary/aromatic N) is 1. The van der Waals surface area contributed by atoms with E-state index < -0.39 is 36.5 Å². The molecule has 0 radical (unpaired) electrons. The van der Waals surface area contributed by atoms with Crippen LogP contribution in [0.5, 0.6) is 5.75 Å². The van der Waals surface area contributed by atoms with Crippen molar-refractivity contribution in [3.8, 4) is 16.9 Å². The predicted octanol–water partition coefficient (Wildman–Crippen LogP) is 2.95. The number of anilines is 1. The Morgan fingerprint density at radius 3 is 2.45 bits per heavy atom. The van der Waals surface area contributed by atoms with Crippen LogP contribution in [0.1, 0.15) is 11.7 Å². The zero-order valence-corrected chi connectivity index (χ0v) is 17.9. The molecular weight excluding hydrogens is 422 g/mol. The molecule has 0 saturated carbocycles. The van der Waals surface area contributed by atoms with E-state index >= 15 is 0 Å². The van der Waals surface area contributed by atoms with Crippen LogP contribution in [-0.4, -0.2) is 47.5 Å². The fourth-order valence-electron chi connectivity index (χ4n) is 3.67. The summed E-state index contributed by atoms with van der Waals surface area (Å²) >= 11 is 0. The van der Waals surface area contributed by atoms with Crippen LogP contribution < -0.4 is 15.4 Å². The normalized spacial score (nSPS) is 16.3. The maximum Gasteiger partial charge on any atom is 0.325 e. The molecule has 1 aliphatic rings. The molecule has 168 valence electrons. The molecule has 4 rings (SSSR count). The highest BCUT2D eigenvalue weighted by molar-refractivity contribution is 6.08. The number of methoxy groups -OCH3 is 1. The standard InChI is InChI=1S/C25H23N3O5/c1-33-20-12-6-8-17(14-20)16-7-5-9-18(13-16)23(30)22-24(31)28(25(32)27-22)15-21(29)26-19-10-3-2-4-11-19/h2-14,22-23,30H,15H2,1H3,(H,26,29)(H,27,32). The predicted molar refractivity (Wildman–Crippen MR) is 122 cm³/mol. The molecule has 2 unspecified atom stereocenters. The van der Waals surface area contributed by atoms with Gasteiger partial charge in [-0.2, -0.15) is 0 Å². The number of carbonyl (C=O) groups is 3. The number of urea groups is 1. The van der Waals surface area contributed by atoms with Crippen molar-refractivity contribution in [3.63, 3.8) is 0 Å². The third kappa shape index (κ3) is 4.86. The number of ether oxygens (including phenoxy) is 1. The second kappa shape index (κ2) is 9.54. The lowest BCUT2D eigenvalue weighted by atomic mass is 9.97. The van der Waals surface area contributed by atoms with E-state index in [0.717, 1.165) is 16.0 Å². The molecule has 1 aliphatic heterocycles. The van der Waals surface area contributed by atoms with Crippen molar-refractivity contribution in [2.24, 2.45) is 0 Å². The summed E-state index contributed by atoms with van der Waals surface area (Å²) in [6.45, 7) is -0.452. The van der Waals surface area contributed by atoms with Gasteiger partial charge in [-0.3, -0.25) is 14.5 Å². The Labute approximate surface area is 190 Å². The van der Waals surface area contributed by atoms with Crippen molar-refractivity contribution in [1.82, 2.24) is 10.2 Å². The molecule has 1 saturated heterocycles. The van der Waals surface area contributed by atoms with Gasteiger partial charge in [-0.05, 0) is 47.0 Å². The fourth-order valence-corrected chi connectivity index (χ4v) is 3.67. The quantitative estimate of drug-likeness (QED) is 0.485. The van der Waals surface area contributed by atoms with Gasteiger partial charge in [-0.25, -0.2) is 4.79 Å². The molecule has 3 aromatic rings. The Morgan fingerprint density at radius 2 is 1.73 bits per heavy atom. The highest BCUT2D eigenvalue weighted by Crippen LogP contribution is 2.28. The van der Waals surface area contributed by atoms with Crippen molar-refractivity contribution >= 4 is 23.5 Å². The molecule has 0 aromatic heterocycles. The number of amides is 4. The first kappa shape index (κ1) is 22.0. The number of benzene rings is 3. The lowest BCUT2D eigenvalue weighted by Gasteiger charge is -2.18. The average Bonchev–Trinajstić information content (AvgIpc) is 3.12. The molecule has 0 bridgehead atoms. The number of aliphatic hydroxyl groups is 1. The zero-order chi connectivity index (χ0) is 23.4. The Morgan fingerprint density at radius 1 is 1.03 bits per heavy atom. The van der Waals surface area contributed by atoms with Gasteiger partial charge in [-0.1, -0.05) is 48.5 Å². The van der Waals surface area contributed by atoms with Crippen molar-refractivity contribution in [2.45, 2.75) is 12.1 Å². The van der Waals surface area contributed by atoms with E-state index in [-0.39, 0.29) is 0 Å². The molecule has 3 aromatic carbocycles. The molecule has 33 heavy (non-hydrogen) atoms. The molecule has 2 atom stereocenters. The summed E-state index contributed by atoms with van der Waals surface area (Å²) in [5, 5.41) is 16.0.